The van der Waals surface area contributed by atoms with Crippen molar-refractivity contribution in [2.24, 2.45) is 0 Å². The van der Waals surface area contributed by atoms with E-state index in [1.165, 1.54) is 47.1 Å². The van der Waals surface area contributed by atoms with Crippen molar-refractivity contribution in [2.45, 2.75) is 0 Å². The topological polar surface area (TPSA) is 61.7 Å². The van der Waals surface area contributed by atoms with Crippen molar-refractivity contribution < 1.29 is 4.42 Å². The van der Waals surface area contributed by atoms with Gasteiger partial charge >= 0.3 is 0 Å². The molecule has 17 aromatic rings. The molecule has 352 valence electrons. The van der Waals surface area contributed by atoms with Crippen LogP contribution in [0.15, 0.2) is 241 Å². The van der Waals surface area contributed by atoms with Gasteiger partial charge in [-0.1, -0.05) is 164 Å². The zero-order chi connectivity index (χ0) is 49.6. The molecular weight excluding hydrogens is 947 g/mol. The molecule has 0 saturated heterocycles. The second-order valence-corrected chi connectivity index (χ2v) is 20.9. The fourth-order valence-electron chi connectivity index (χ4n) is 12.4. The third-order valence-electron chi connectivity index (χ3n) is 15.7. The fraction of sp³-hybridized carbons (Fsp3) is 0. The van der Waals surface area contributed by atoms with E-state index in [0.29, 0.717) is 17.5 Å². The summed E-state index contributed by atoms with van der Waals surface area (Å²) in [6, 6.07) is 84.9. The Morgan fingerprint density at radius 2 is 0.934 bits per heavy atom. The van der Waals surface area contributed by atoms with Crippen LogP contribution in [0.25, 0.3) is 164 Å². The van der Waals surface area contributed by atoms with Crippen LogP contribution in [0.5, 0.6) is 0 Å². The number of para-hydroxylation sites is 3. The molecule has 7 heteroatoms. The number of furan rings is 1. The fourth-order valence-corrected chi connectivity index (χ4v) is 13.5. The maximum absolute atomic E-state index is 7.05. The summed E-state index contributed by atoms with van der Waals surface area (Å²) in [6.45, 7) is 0. The van der Waals surface area contributed by atoms with Gasteiger partial charge in [0.25, 0.3) is 0 Å². The lowest BCUT2D eigenvalue weighted by molar-refractivity contribution is 0.672. The van der Waals surface area contributed by atoms with Crippen molar-refractivity contribution in [1.29, 1.82) is 0 Å². The van der Waals surface area contributed by atoms with Crippen LogP contribution in [0, 0.1) is 0 Å². The van der Waals surface area contributed by atoms with Gasteiger partial charge in [0.15, 0.2) is 17.5 Å². The van der Waals surface area contributed by atoms with Gasteiger partial charge in [0.2, 0.25) is 0 Å². The van der Waals surface area contributed by atoms with Gasteiger partial charge in [-0.3, -0.25) is 0 Å². The van der Waals surface area contributed by atoms with Crippen molar-refractivity contribution in [3.05, 3.63) is 237 Å². The molecule has 12 aromatic carbocycles. The van der Waals surface area contributed by atoms with E-state index in [2.05, 4.69) is 246 Å². The van der Waals surface area contributed by atoms with Crippen LogP contribution in [-0.4, -0.2) is 24.1 Å². The van der Waals surface area contributed by atoms with Gasteiger partial charge in [-0.15, -0.1) is 11.3 Å². The first-order valence-electron chi connectivity index (χ1n) is 25.7. The zero-order valence-electron chi connectivity index (χ0n) is 40.6. The predicted molar refractivity (Wildman–Crippen MR) is 317 cm³/mol. The average molecular weight is 986 g/mol. The highest BCUT2D eigenvalue weighted by Gasteiger charge is 2.29. The second-order valence-electron chi connectivity index (χ2n) is 19.8. The molecule has 0 unspecified atom stereocenters. The van der Waals surface area contributed by atoms with Crippen LogP contribution in [0.2, 0.25) is 0 Å². The number of rotatable bonds is 5. The lowest BCUT2D eigenvalue weighted by atomic mass is 9.96. The number of fused-ring (bicyclic) bond motifs is 17. The average Bonchev–Trinajstić information content (AvgIpc) is 4.36. The summed E-state index contributed by atoms with van der Waals surface area (Å²) < 4.78 is 14.3. The van der Waals surface area contributed by atoms with Crippen molar-refractivity contribution in [3.63, 3.8) is 0 Å². The summed E-state index contributed by atoms with van der Waals surface area (Å²) in [5.41, 5.74) is 10.8. The quantitative estimate of drug-likeness (QED) is 0.172. The van der Waals surface area contributed by atoms with E-state index in [-0.39, 0.29) is 0 Å². The van der Waals surface area contributed by atoms with Gasteiger partial charge in [-0.25, -0.2) is 15.0 Å². The molecule has 5 heterocycles. The Kier molecular flexibility index (Phi) is 8.62. The summed E-state index contributed by atoms with van der Waals surface area (Å²) in [5, 5.41) is 15.8. The summed E-state index contributed by atoms with van der Waals surface area (Å²) >= 11 is 1.80. The van der Waals surface area contributed by atoms with E-state index in [4.69, 9.17) is 19.4 Å². The zero-order valence-corrected chi connectivity index (χ0v) is 41.4. The molecule has 0 amide bonds. The van der Waals surface area contributed by atoms with Gasteiger partial charge in [0.1, 0.15) is 11.2 Å². The second kappa shape index (κ2) is 15.8. The first kappa shape index (κ1) is 41.5. The molecule has 0 radical (unpaired) electrons. The maximum Gasteiger partial charge on any atom is 0.166 e. The van der Waals surface area contributed by atoms with Crippen molar-refractivity contribution in [2.75, 3.05) is 0 Å². The van der Waals surface area contributed by atoms with Gasteiger partial charge in [0, 0.05) is 69.3 Å². The van der Waals surface area contributed by atoms with E-state index in [1.807, 2.05) is 0 Å². The van der Waals surface area contributed by atoms with E-state index in [9.17, 15) is 0 Å². The van der Waals surface area contributed by atoms with Crippen molar-refractivity contribution in [3.8, 4) is 45.5 Å². The number of nitrogens with zero attached hydrogens (tertiary/aromatic N) is 5. The van der Waals surface area contributed by atoms with Crippen LogP contribution < -0.4 is 0 Å². The van der Waals surface area contributed by atoms with E-state index in [1.54, 1.807) is 11.3 Å². The third kappa shape index (κ3) is 5.94. The van der Waals surface area contributed by atoms with Crippen molar-refractivity contribution >= 4 is 129 Å². The molecule has 0 N–H and O–H groups in total. The Bertz CT molecular complexity index is 5310. The van der Waals surface area contributed by atoms with Gasteiger partial charge in [0.05, 0.1) is 38.7 Å². The molecule has 0 atom stereocenters. The van der Waals surface area contributed by atoms with Crippen LogP contribution in [0.4, 0.5) is 0 Å². The molecular formula is C69H39N5OS. The first-order chi connectivity index (χ1) is 37.7. The lowest BCUT2D eigenvalue weighted by Crippen LogP contribution is -2.05. The highest BCUT2D eigenvalue weighted by Crippen LogP contribution is 2.49. The smallest absolute Gasteiger partial charge is 0.166 e. The summed E-state index contributed by atoms with van der Waals surface area (Å²) in [6.07, 6.45) is 0. The first-order valence-corrected chi connectivity index (χ1v) is 26.5. The van der Waals surface area contributed by atoms with E-state index < -0.39 is 0 Å². The molecule has 0 aliphatic carbocycles. The van der Waals surface area contributed by atoms with Gasteiger partial charge in [-0.2, -0.15) is 0 Å². The molecule has 0 bridgehead atoms. The number of hydrogen-bond donors (Lipinski definition) is 0. The SMILES string of the molecule is c1ccc(-n2c3ccccc3c3cc(-c4nc(-c5ccc6c(c5)sc5ccccc56)nc(-c5c(-n6c7cc8ccccc8cc7c7c8ccccc8ccc76)c6c7ccccc7oc6c6ccccc56)n4)ccc32)cc1. The minimum Gasteiger partial charge on any atom is -0.455 e. The normalized spacial score (nSPS) is 12.2. The lowest BCUT2D eigenvalue weighted by Gasteiger charge is -2.19. The molecule has 6 nitrogen and oxygen atoms in total. The summed E-state index contributed by atoms with van der Waals surface area (Å²) in [7, 11) is 0. The molecule has 0 spiro atoms. The van der Waals surface area contributed by atoms with E-state index >= 15 is 0 Å². The molecule has 0 aliphatic heterocycles. The molecule has 0 aliphatic rings. The molecule has 17 rings (SSSR count). The van der Waals surface area contributed by atoms with Crippen molar-refractivity contribution in [1.82, 2.24) is 24.1 Å². The minimum atomic E-state index is 0.568. The molecule has 76 heavy (non-hydrogen) atoms. The van der Waals surface area contributed by atoms with Gasteiger partial charge in [-0.05, 0) is 99.7 Å². The Labute approximate surface area is 437 Å². The number of benzene rings is 12. The highest BCUT2D eigenvalue weighted by atomic mass is 32.1. The summed E-state index contributed by atoms with van der Waals surface area (Å²) in [5.74, 6) is 1.75. The van der Waals surface area contributed by atoms with Crippen LogP contribution in [0.1, 0.15) is 0 Å². The summed E-state index contributed by atoms with van der Waals surface area (Å²) in [4.78, 5) is 16.9. The van der Waals surface area contributed by atoms with Crippen LogP contribution in [0.3, 0.4) is 0 Å². The Hall–Kier alpha value is -9.95. The Morgan fingerprint density at radius 3 is 1.78 bits per heavy atom. The monoisotopic (exact) mass is 985 g/mol. The standard InChI is InChI=1S/C69H39N5OS/c1-2-19-45(20-3-1)73-55-27-13-10-22-47(55)53-37-43(32-34-56(53)73)67-70-68(44-30-33-49-48-23-12-15-29-60(48)76-61(49)39-44)72-69(71-67)64-50-24-8-9-25-51(50)66-63(52-26-11-14-28-59(52)75-66)65(64)74-57-35-31-40-16-6-7-21-46(40)62(57)54-36-41-17-4-5-18-42(41)38-58(54)74/h1-39H. The van der Waals surface area contributed by atoms with Crippen LogP contribution in [-0.2, 0) is 0 Å². The minimum absolute atomic E-state index is 0.568. The van der Waals surface area contributed by atoms with Crippen LogP contribution >= 0.6 is 11.3 Å². The maximum atomic E-state index is 7.05. The molecule has 5 aromatic heterocycles. The number of aromatic nitrogens is 5. The highest BCUT2D eigenvalue weighted by molar-refractivity contribution is 7.25. The number of hydrogen-bond acceptors (Lipinski definition) is 5. The largest absolute Gasteiger partial charge is 0.455 e. The Balaban J connectivity index is 1.03. The third-order valence-corrected chi connectivity index (χ3v) is 16.8. The van der Waals surface area contributed by atoms with E-state index in [0.717, 1.165) is 99.0 Å². The predicted octanol–water partition coefficient (Wildman–Crippen LogP) is 18.8. The molecule has 0 saturated carbocycles. The van der Waals surface area contributed by atoms with Gasteiger partial charge < -0.3 is 13.6 Å². The Morgan fingerprint density at radius 1 is 0.329 bits per heavy atom. The molecule has 0 fully saturated rings. The number of thiophene rings is 1.